The van der Waals surface area contributed by atoms with E-state index in [-0.39, 0.29) is 17.9 Å². The van der Waals surface area contributed by atoms with Gasteiger partial charge in [0.05, 0.1) is 10.9 Å². The van der Waals surface area contributed by atoms with Crippen LogP contribution in [0.25, 0.3) is 0 Å². The molecule has 0 fully saturated rings. The van der Waals surface area contributed by atoms with E-state index in [9.17, 15) is 9.59 Å². The lowest BCUT2D eigenvalue weighted by Crippen LogP contribution is -2.26. The van der Waals surface area contributed by atoms with Crippen molar-refractivity contribution in [2.75, 3.05) is 5.32 Å². The van der Waals surface area contributed by atoms with Crippen molar-refractivity contribution in [2.45, 2.75) is 19.9 Å². The van der Waals surface area contributed by atoms with Crippen LogP contribution in [0.1, 0.15) is 43.4 Å². The monoisotopic (exact) mass is 364 g/mol. The minimum atomic E-state index is -0.168. The van der Waals surface area contributed by atoms with Gasteiger partial charge in [-0.05, 0) is 55.8 Å². The lowest BCUT2D eigenvalue weighted by Gasteiger charge is -2.15. The van der Waals surface area contributed by atoms with Crippen LogP contribution in [0.3, 0.4) is 0 Å². The van der Waals surface area contributed by atoms with Gasteiger partial charge in [-0.3, -0.25) is 9.59 Å². The molecule has 5 heteroatoms. The topological polar surface area (TPSA) is 58.2 Å². The van der Waals surface area contributed by atoms with Crippen molar-refractivity contribution in [2.24, 2.45) is 0 Å². The molecule has 26 heavy (non-hydrogen) atoms. The third-order valence-electron chi connectivity index (χ3n) is 3.99. The van der Waals surface area contributed by atoms with Crippen molar-refractivity contribution in [1.82, 2.24) is 5.32 Å². The zero-order valence-electron chi connectivity index (χ0n) is 14.7. The maximum absolute atomic E-state index is 12.3. The van der Waals surface area contributed by atoms with Crippen LogP contribution in [0, 0.1) is 6.92 Å². The summed E-state index contributed by atoms with van der Waals surface area (Å²) in [6.45, 7) is 3.90. The number of benzene rings is 2. The molecule has 4 nitrogen and oxygen atoms in total. The first-order chi connectivity index (χ1) is 12.5. The minimum Gasteiger partial charge on any atom is -0.345 e. The first-order valence-electron chi connectivity index (χ1n) is 8.36. The fourth-order valence-electron chi connectivity index (χ4n) is 2.59. The van der Waals surface area contributed by atoms with Gasteiger partial charge in [0.1, 0.15) is 0 Å². The van der Waals surface area contributed by atoms with Gasteiger partial charge in [0.25, 0.3) is 11.8 Å². The van der Waals surface area contributed by atoms with Crippen molar-refractivity contribution in [1.29, 1.82) is 0 Å². The first kappa shape index (κ1) is 17.9. The summed E-state index contributed by atoms with van der Waals surface area (Å²) in [6, 6.07) is 20.2. The van der Waals surface area contributed by atoms with E-state index >= 15 is 0 Å². The zero-order valence-corrected chi connectivity index (χ0v) is 15.5. The molecule has 0 radical (unpaired) electrons. The number of aryl methyl sites for hydroxylation is 1. The number of thiophene rings is 1. The molecular weight excluding hydrogens is 344 g/mol. The molecule has 1 unspecified atom stereocenters. The number of carbonyl (C=O) groups is 2. The van der Waals surface area contributed by atoms with Crippen LogP contribution in [0.2, 0.25) is 0 Å². The van der Waals surface area contributed by atoms with Gasteiger partial charge in [-0.25, -0.2) is 0 Å². The van der Waals surface area contributed by atoms with Crippen LogP contribution in [-0.2, 0) is 0 Å². The van der Waals surface area contributed by atoms with Gasteiger partial charge in [0, 0.05) is 16.1 Å². The SMILES string of the molecule is Cc1ccc(C(=O)NC(C)c2cccc(NC(=O)c3ccccc3)c2)s1. The van der Waals surface area contributed by atoms with E-state index in [0.29, 0.717) is 16.1 Å². The quantitative estimate of drug-likeness (QED) is 0.683. The Morgan fingerprint density at radius 3 is 2.38 bits per heavy atom. The molecule has 0 aliphatic heterocycles. The largest absolute Gasteiger partial charge is 0.345 e. The van der Waals surface area contributed by atoms with E-state index in [1.807, 2.05) is 68.4 Å². The maximum Gasteiger partial charge on any atom is 0.261 e. The van der Waals surface area contributed by atoms with Crippen molar-refractivity contribution in [3.8, 4) is 0 Å². The highest BCUT2D eigenvalue weighted by molar-refractivity contribution is 7.13. The van der Waals surface area contributed by atoms with Gasteiger partial charge in [0.2, 0.25) is 0 Å². The molecule has 3 aromatic rings. The summed E-state index contributed by atoms with van der Waals surface area (Å²) in [5.41, 5.74) is 2.23. The number of nitrogens with one attached hydrogen (secondary N) is 2. The number of hydrogen-bond acceptors (Lipinski definition) is 3. The Kier molecular flexibility index (Phi) is 5.49. The van der Waals surface area contributed by atoms with Gasteiger partial charge in [0.15, 0.2) is 0 Å². The maximum atomic E-state index is 12.3. The Labute approximate surface area is 156 Å². The molecule has 2 N–H and O–H groups in total. The third kappa shape index (κ3) is 4.37. The molecule has 132 valence electrons. The predicted molar refractivity (Wildman–Crippen MR) is 106 cm³/mol. The number of rotatable bonds is 5. The highest BCUT2D eigenvalue weighted by Gasteiger charge is 2.14. The van der Waals surface area contributed by atoms with E-state index in [4.69, 9.17) is 0 Å². The van der Waals surface area contributed by atoms with Crippen molar-refractivity contribution < 1.29 is 9.59 Å². The van der Waals surface area contributed by atoms with Crippen molar-refractivity contribution in [3.05, 3.63) is 87.6 Å². The van der Waals surface area contributed by atoms with Gasteiger partial charge in [-0.15, -0.1) is 11.3 Å². The standard InChI is InChI=1S/C21H20N2O2S/c1-14-11-12-19(26-14)21(25)22-15(2)17-9-6-10-18(13-17)23-20(24)16-7-4-3-5-8-16/h3-13,15H,1-2H3,(H,22,25)(H,23,24). The molecule has 1 aromatic heterocycles. The smallest absolute Gasteiger partial charge is 0.261 e. The molecule has 0 aliphatic rings. The molecule has 0 spiro atoms. The van der Waals surface area contributed by atoms with Crippen LogP contribution < -0.4 is 10.6 Å². The summed E-state index contributed by atoms with van der Waals surface area (Å²) < 4.78 is 0. The van der Waals surface area contributed by atoms with Crippen LogP contribution in [0.4, 0.5) is 5.69 Å². The Bertz CT molecular complexity index is 919. The summed E-state index contributed by atoms with van der Waals surface area (Å²) in [4.78, 5) is 26.4. The van der Waals surface area contributed by atoms with E-state index in [0.717, 1.165) is 10.4 Å². The number of hydrogen-bond donors (Lipinski definition) is 2. The number of anilines is 1. The second kappa shape index (κ2) is 7.97. The van der Waals surface area contributed by atoms with Gasteiger partial charge in [-0.2, -0.15) is 0 Å². The number of carbonyl (C=O) groups excluding carboxylic acids is 2. The second-order valence-electron chi connectivity index (χ2n) is 6.05. The Balaban J connectivity index is 1.68. The fraction of sp³-hybridized carbons (Fsp3) is 0.143. The lowest BCUT2D eigenvalue weighted by molar-refractivity contribution is 0.0943. The highest BCUT2D eigenvalue weighted by atomic mass is 32.1. The van der Waals surface area contributed by atoms with E-state index in [2.05, 4.69) is 10.6 Å². The fourth-order valence-corrected chi connectivity index (χ4v) is 3.36. The van der Waals surface area contributed by atoms with Crippen LogP contribution >= 0.6 is 11.3 Å². The minimum absolute atomic E-state index is 0.0886. The molecule has 0 saturated heterocycles. The molecular formula is C21H20N2O2S. The van der Waals surface area contributed by atoms with Crippen LogP contribution in [0.15, 0.2) is 66.7 Å². The average molecular weight is 364 g/mol. The molecule has 1 heterocycles. The second-order valence-corrected chi connectivity index (χ2v) is 7.34. The molecule has 0 saturated carbocycles. The van der Waals surface area contributed by atoms with Gasteiger partial charge >= 0.3 is 0 Å². The normalized spacial score (nSPS) is 11.6. The van der Waals surface area contributed by atoms with Crippen molar-refractivity contribution >= 4 is 28.8 Å². The molecule has 0 bridgehead atoms. The average Bonchev–Trinajstić information content (AvgIpc) is 3.09. The first-order valence-corrected chi connectivity index (χ1v) is 9.18. The predicted octanol–water partition coefficient (Wildman–Crippen LogP) is 4.80. The Morgan fingerprint density at radius 2 is 1.69 bits per heavy atom. The summed E-state index contributed by atoms with van der Waals surface area (Å²) in [6.07, 6.45) is 0. The van der Waals surface area contributed by atoms with Crippen LogP contribution in [0.5, 0.6) is 0 Å². The van der Waals surface area contributed by atoms with E-state index in [1.54, 1.807) is 12.1 Å². The Hall–Kier alpha value is -2.92. The van der Waals surface area contributed by atoms with Crippen LogP contribution in [-0.4, -0.2) is 11.8 Å². The number of amides is 2. The molecule has 2 amide bonds. The molecule has 0 aliphatic carbocycles. The Morgan fingerprint density at radius 1 is 0.923 bits per heavy atom. The molecule has 2 aromatic carbocycles. The van der Waals surface area contributed by atoms with E-state index < -0.39 is 0 Å². The summed E-state index contributed by atoms with van der Waals surface area (Å²) >= 11 is 1.47. The summed E-state index contributed by atoms with van der Waals surface area (Å²) in [5, 5.41) is 5.89. The highest BCUT2D eigenvalue weighted by Crippen LogP contribution is 2.20. The zero-order chi connectivity index (χ0) is 18.5. The molecule has 3 rings (SSSR count). The molecule has 1 atom stereocenters. The summed E-state index contributed by atoms with van der Waals surface area (Å²) in [7, 11) is 0. The van der Waals surface area contributed by atoms with E-state index in [1.165, 1.54) is 11.3 Å². The summed E-state index contributed by atoms with van der Waals surface area (Å²) in [5.74, 6) is -0.247. The third-order valence-corrected chi connectivity index (χ3v) is 4.99. The van der Waals surface area contributed by atoms with Gasteiger partial charge in [-0.1, -0.05) is 30.3 Å². The van der Waals surface area contributed by atoms with Crippen molar-refractivity contribution in [3.63, 3.8) is 0 Å². The lowest BCUT2D eigenvalue weighted by atomic mass is 10.1. The van der Waals surface area contributed by atoms with Gasteiger partial charge < -0.3 is 10.6 Å².